The molecule has 1 unspecified atom stereocenters. The van der Waals surface area contributed by atoms with E-state index in [1.807, 2.05) is 42.5 Å². The van der Waals surface area contributed by atoms with Gasteiger partial charge in [0.15, 0.2) is 6.61 Å². The molecule has 5 heteroatoms. The van der Waals surface area contributed by atoms with E-state index in [0.29, 0.717) is 18.8 Å². The minimum absolute atomic E-state index is 0.00955. The molecule has 1 fully saturated rings. The molecule has 114 valence electrons. The summed E-state index contributed by atoms with van der Waals surface area (Å²) in [7, 11) is 0. The SMILES string of the molecule is O=C(COc1ccccc1)N1CCC(Oc2ccncc2)C1. The number of hydrogen-bond acceptors (Lipinski definition) is 4. The molecule has 5 nitrogen and oxygen atoms in total. The van der Waals surface area contributed by atoms with Gasteiger partial charge in [-0.2, -0.15) is 0 Å². The van der Waals surface area contributed by atoms with Gasteiger partial charge in [0.1, 0.15) is 17.6 Å². The lowest BCUT2D eigenvalue weighted by molar-refractivity contribution is -0.132. The first-order chi connectivity index (χ1) is 10.8. The molecule has 0 saturated carbocycles. The van der Waals surface area contributed by atoms with E-state index in [2.05, 4.69) is 4.98 Å². The van der Waals surface area contributed by atoms with Crippen LogP contribution >= 0.6 is 0 Å². The lowest BCUT2D eigenvalue weighted by atomic mass is 10.3. The topological polar surface area (TPSA) is 51.7 Å². The van der Waals surface area contributed by atoms with Crippen LogP contribution in [0.1, 0.15) is 6.42 Å². The molecule has 0 bridgehead atoms. The molecule has 1 atom stereocenters. The Bertz CT molecular complexity index is 604. The molecule has 0 aliphatic carbocycles. The Morgan fingerprint density at radius 3 is 2.68 bits per heavy atom. The zero-order chi connectivity index (χ0) is 15.2. The van der Waals surface area contributed by atoms with Crippen LogP contribution in [0.25, 0.3) is 0 Å². The fraction of sp³-hybridized carbons (Fsp3) is 0.294. The summed E-state index contributed by atoms with van der Waals surface area (Å²) in [5, 5.41) is 0. The van der Waals surface area contributed by atoms with Crippen molar-refractivity contribution < 1.29 is 14.3 Å². The van der Waals surface area contributed by atoms with Crippen molar-refractivity contribution in [3.8, 4) is 11.5 Å². The summed E-state index contributed by atoms with van der Waals surface area (Å²) in [5.41, 5.74) is 0. The van der Waals surface area contributed by atoms with Gasteiger partial charge in [-0.25, -0.2) is 0 Å². The zero-order valence-corrected chi connectivity index (χ0v) is 12.2. The van der Waals surface area contributed by atoms with Crippen molar-refractivity contribution in [1.82, 2.24) is 9.88 Å². The summed E-state index contributed by atoms with van der Waals surface area (Å²) in [6.45, 7) is 1.36. The molecular formula is C17H18N2O3. The number of likely N-dealkylation sites (tertiary alicyclic amines) is 1. The highest BCUT2D eigenvalue weighted by molar-refractivity contribution is 5.78. The van der Waals surface area contributed by atoms with Crippen LogP contribution in [0.5, 0.6) is 11.5 Å². The maximum atomic E-state index is 12.2. The lowest BCUT2D eigenvalue weighted by Crippen LogP contribution is -2.34. The van der Waals surface area contributed by atoms with E-state index in [0.717, 1.165) is 12.2 Å². The molecule has 2 heterocycles. The molecule has 1 aliphatic rings. The monoisotopic (exact) mass is 298 g/mol. The first kappa shape index (κ1) is 14.4. The normalized spacial score (nSPS) is 17.3. The van der Waals surface area contributed by atoms with Crippen molar-refractivity contribution in [3.05, 3.63) is 54.9 Å². The molecule has 3 rings (SSSR count). The van der Waals surface area contributed by atoms with Gasteiger partial charge in [0.05, 0.1) is 6.54 Å². The van der Waals surface area contributed by atoms with Gasteiger partial charge in [-0.05, 0) is 24.3 Å². The van der Waals surface area contributed by atoms with E-state index in [1.165, 1.54) is 0 Å². The predicted octanol–water partition coefficient (Wildman–Crippen LogP) is 2.14. The summed E-state index contributed by atoms with van der Waals surface area (Å²) >= 11 is 0. The third-order valence-electron chi connectivity index (χ3n) is 3.56. The van der Waals surface area contributed by atoms with Crippen molar-refractivity contribution in [2.45, 2.75) is 12.5 Å². The second-order valence-corrected chi connectivity index (χ2v) is 5.15. The van der Waals surface area contributed by atoms with Crippen LogP contribution in [-0.2, 0) is 4.79 Å². The fourth-order valence-electron chi connectivity index (χ4n) is 2.41. The third kappa shape index (κ3) is 3.75. The van der Waals surface area contributed by atoms with Crippen molar-refractivity contribution in [1.29, 1.82) is 0 Å². The number of para-hydroxylation sites is 1. The predicted molar refractivity (Wildman–Crippen MR) is 81.8 cm³/mol. The van der Waals surface area contributed by atoms with E-state index in [9.17, 15) is 4.79 Å². The molecule has 0 spiro atoms. The van der Waals surface area contributed by atoms with Crippen molar-refractivity contribution in [2.24, 2.45) is 0 Å². The minimum atomic E-state index is -0.00955. The summed E-state index contributed by atoms with van der Waals surface area (Å²) in [6.07, 6.45) is 4.25. The summed E-state index contributed by atoms with van der Waals surface area (Å²) in [6, 6.07) is 13.0. The Morgan fingerprint density at radius 2 is 1.91 bits per heavy atom. The van der Waals surface area contributed by atoms with Crippen LogP contribution < -0.4 is 9.47 Å². The van der Waals surface area contributed by atoms with Crippen molar-refractivity contribution in [2.75, 3.05) is 19.7 Å². The van der Waals surface area contributed by atoms with E-state index < -0.39 is 0 Å². The molecule has 1 aromatic heterocycles. The Hall–Kier alpha value is -2.56. The minimum Gasteiger partial charge on any atom is -0.488 e. The van der Waals surface area contributed by atoms with Gasteiger partial charge in [-0.1, -0.05) is 18.2 Å². The summed E-state index contributed by atoms with van der Waals surface area (Å²) < 4.78 is 11.3. The molecule has 1 aromatic carbocycles. The van der Waals surface area contributed by atoms with Gasteiger partial charge in [-0.3, -0.25) is 9.78 Å². The number of ether oxygens (including phenoxy) is 2. The number of aromatic nitrogens is 1. The second kappa shape index (κ2) is 6.93. The summed E-state index contributed by atoms with van der Waals surface area (Å²) in [4.78, 5) is 17.9. The Labute approximate surface area is 129 Å². The smallest absolute Gasteiger partial charge is 0.260 e. The lowest BCUT2D eigenvalue weighted by Gasteiger charge is -2.17. The molecule has 0 radical (unpaired) electrons. The largest absolute Gasteiger partial charge is 0.488 e. The van der Waals surface area contributed by atoms with Crippen LogP contribution in [0.3, 0.4) is 0 Å². The average Bonchev–Trinajstić information content (AvgIpc) is 3.03. The maximum Gasteiger partial charge on any atom is 0.260 e. The van der Waals surface area contributed by atoms with Gasteiger partial charge in [-0.15, -0.1) is 0 Å². The Balaban J connectivity index is 1.46. The number of rotatable bonds is 5. The standard InChI is InChI=1S/C17H18N2O3/c20-17(13-21-14-4-2-1-3-5-14)19-11-8-16(12-19)22-15-6-9-18-10-7-15/h1-7,9-10,16H,8,11-13H2. The van der Waals surface area contributed by atoms with Crippen LogP contribution in [0.15, 0.2) is 54.9 Å². The number of pyridine rings is 1. The van der Waals surface area contributed by atoms with Gasteiger partial charge < -0.3 is 14.4 Å². The van der Waals surface area contributed by atoms with Gasteiger partial charge in [0, 0.05) is 25.4 Å². The van der Waals surface area contributed by atoms with E-state index >= 15 is 0 Å². The highest BCUT2D eigenvalue weighted by atomic mass is 16.5. The molecule has 0 N–H and O–H groups in total. The van der Waals surface area contributed by atoms with E-state index in [4.69, 9.17) is 9.47 Å². The number of hydrogen-bond donors (Lipinski definition) is 0. The number of carbonyl (C=O) groups excluding carboxylic acids is 1. The quantitative estimate of drug-likeness (QED) is 0.848. The number of benzene rings is 1. The van der Waals surface area contributed by atoms with Gasteiger partial charge in [0.25, 0.3) is 5.91 Å². The summed E-state index contributed by atoms with van der Waals surface area (Å²) in [5.74, 6) is 1.49. The molecule has 1 amide bonds. The van der Waals surface area contributed by atoms with Crippen molar-refractivity contribution >= 4 is 5.91 Å². The molecule has 1 saturated heterocycles. The number of nitrogens with zero attached hydrogens (tertiary/aromatic N) is 2. The van der Waals surface area contributed by atoms with Gasteiger partial charge >= 0.3 is 0 Å². The van der Waals surface area contributed by atoms with Gasteiger partial charge in [0.2, 0.25) is 0 Å². The van der Waals surface area contributed by atoms with Crippen LogP contribution in [0.2, 0.25) is 0 Å². The third-order valence-corrected chi connectivity index (χ3v) is 3.56. The molecule has 1 aliphatic heterocycles. The second-order valence-electron chi connectivity index (χ2n) is 5.15. The fourth-order valence-corrected chi connectivity index (χ4v) is 2.41. The van der Waals surface area contributed by atoms with Crippen LogP contribution in [0, 0.1) is 0 Å². The van der Waals surface area contributed by atoms with E-state index in [-0.39, 0.29) is 18.6 Å². The number of carbonyl (C=O) groups is 1. The van der Waals surface area contributed by atoms with Crippen LogP contribution in [-0.4, -0.2) is 41.6 Å². The molecular weight excluding hydrogens is 280 g/mol. The Morgan fingerprint density at radius 1 is 1.14 bits per heavy atom. The van der Waals surface area contributed by atoms with Crippen molar-refractivity contribution in [3.63, 3.8) is 0 Å². The van der Waals surface area contributed by atoms with Crippen LogP contribution in [0.4, 0.5) is 0 Å². The molecule has 2 aromatic rings. The highest BCUT2D eigenvalue weighted by Crippen LogP contribution is 2.18. The Kier molecular flexibility index (Phi) is 4.53. The molecule has 22 heavy (non-hydrogen) atoms. The van der Waals surface area contributed by atoms with E-state index in [1.54, 1.807) is 17.3 Å². The number of amides is 1. The average molecular weight is 298 g/mol. The maximum absolute atomic E-state index is 12.2. The zero-order valence-electron chi connectivity index (χ0n) is 12.2. The highest BCUT2D eigenvalue weighted by Gasteiger charge is 2.27. The first-order valence-corrected chi connectivity index (χ1v) is 7.33. The first-order valence-electron chi connectivity index (χ1n) is 7.33.